The van der Waals surface area contributed by atoms with E-state index in [1.54, 1.807) is 36.4 Å². The average molecular weight is 350 g/mol. The lowest BCUT2D eigenvalue weighted by atomic mass is 10.0. The molecule has 0 saturated heterocycles. The average Bonchev–Trinajstić information content (AvgIpc) is 2.82. The molecule has 2 aromatic carbocycles. The molecular weight excluding hydrogens is 324 g/mol. The van der Waals surface area contributed by atoms with Crippen molar-refractivity contribution in [2.75, 3.05) is 41.2 Å². The van der Waals surface area contributed by atoms with Crippen molar-refractivity contribution in [1.82, 2.24) is 5.47 Å². The van der Waals surface area contributed by atoms with Crippen LogP contribution in [-0.4, -0.2) is 35.5 Å². The van der Waals surface area contributed by atoms with E-state index < -0.39 is 0 Å². The van der Waals surface area contributed by atoms with Gasteiger partial charge < -0.3 is 24.8 Å². The van der Waals surface area contributed by atoms with Gasteiger partial charge in [0, 0.05) is 18.2 Å². The fourth-order valence-corrected chi connectivity index (χ4v) is 2.14. The Morgan fingerprint density at radius 1 is 0.920 bits per heavy atom. The summed E-state index contributed by atoms with van der Waals surface area (Å²) in [7, 11) is 7.50. The Morgan fingerprint density at radius 3 is 2.04 bits per heavy atom. The van der Waals surface area contributed by atoms with E-state index in [-0.39, 0.29) is 11.1 Å². The highest BCUT2D eigenvalue weighted by Gasteiger charge is 2.18. The zero-order valence-corrected chi connectivity index (χ0v) is 15.0. The Balaban J connectivity index is 0.000000597. The number of methoxy groups -OCH3 is 3. The van der Waals surface area contributed by atoms with Crippen LogP contribution in [0.2, 0.25) is 1.41 Å². The number of hydroxylamine groups is 1. The van der Waals surface area contributed by atoms with Gasteiger partial charge in [-0.25, -0.2) is 5.47 Å². The standard InChI is InChI=1S/C16H17NO4.C2H7NO/c1-19-13-9-8-11(15(20-2)16(13)21-3)10-6-4-5-7-12(17)14(10)18;1-3-4-2/h4-9H,1-3H3,(H2,17,18);3H,1-2H3/i/hT. The van der Waals surface area contributed by atoms with E-state index in [1.807, 2.05) is 0 Å². The molecule has 7 nitrogen and oxygen atoms in total. The Morgan fingerprint density at radius 2 is 1.52 bits per heavy atom. The Kier molecular flexibility index (Phi) is 7.55. The van der Waals surface area contributed by atoms with E-state index in [2.05, 4.69) is 4.84 Å². The minimum absolute atomic E-state index is 0.173. The summed E-state index contributed by atoms with van der Waals surface area (Å²) in [5.74, 6) is 1.39. The first kappa shape index (κ1) is 18.6. The van der Waals surface area contributed by atoms with Gasteiger partial charge in [-0.1, -0.05) is 18.2 Å². The maximum absolute atomic E-state index is 12.3. The molecule has 0 aromatic heterocycles. The molecule has 0 radical (unpaired) electrons. The summed E-state index contributed by atoms with van der Waals surface area (Å²) in [6.07, 6.45) is 0. The Hall–Kier alpha value is -2.77. The second kappa shape index (κ2) is 10.2. The number of anilines is 1. The molecule has 0 heterocycles. The summed E-state index contributed by atoms with van der Waals surface area (Å²) in [6, 6.07) is 10.2. The molecular formula is C18H24N2O5. The molecule has 0 amide bonds. The third-order valence-electron chi connectivity index (χ3n) is 3.33. The lowest BCUT2D eigenvalue weighted by molar-refractivity contribution is 0.112. The zero-order valence-electron chi connectivity index (χ0n) is 16.0. The molecule has 0 fully saturated rings. The van der Waals surface area contributed by atoms with Gasteiger partial charge in [0.25, 0.3) is 0 Å². The van der Waals surface area contributed by atoms with Crippen molar-refractivity contribution in [1.29, 1.82) is 0 Å². The molecule has 136 valence electrons. The van der Waals surface area contributed by atoms with Crippen molar-refractivity contribution in [2.24, 2.45) is 0 Å². The Labute approximate surface area is 148 Å². The summed E-state index contributed by atoms with van der Waals surface area (Å²) in [6.45, 7) is 0. The lowest BCUT2D eigenvalue weighted by Gasteiger charge is -2.15. The predicted molar refractivity (Wildman–Crippen MR) is 98.3 cm³/mol. The lowest BCUT2D eigenvalue weighted by Crippen LogP contribution is -2.08. The van der Waals surface area contributed by atoms with E-state index in [0.29, 0.717) is 28.4 Å². The monoisotopic (exact) mass is 350 g/mol. The van der Waals surface area contributed by atoms with Crippen molar-refractivity contribution in [3.8, 4) is 28.4 Å². The molecule has 0 atom stereocenters. The predicted octanol–water partition coefficient (Wildman–Crippen LogP) is 2.09. The maximum atomic E-state index is 12.3. The molecule has 0 unspecified atom stereocenters. The van der Waals surface area contributed by atoms with Crippen molar-refractivity contribution in [3.05, 3.63) is 46.6 Å². The number of ether oxygens (including phenoxy) is 3. The summed E-state index contributed by atoms with van der Waals surface area (Å²) in [4.78, 5) is 16.6. The molecule has 7 heteroatoms. The van der Waals surface area contributed by atoms with Crippen LogP contribution in [0.25, 0.3) is 11.1 Å². The second-order valence-corrected chi connectivity index (χ2v) is 4.66. The van der Waals surface area contributed by atoms with Crippen LogP contribution >= 0.6 is 0 Å². The number of nitrogens with one attached hydrogen (secondary N) is 1. The molecule has 0 saturated carbocycles. The number of hydrogen-bond donors (Lipinski definition) is 2. The molecule has 2 aromatic rings. The van der Waals surface area contributed by atoms with E-state index in [1.165, 1.54) is 35.5 Å². The van der Waals surface area contributed by atoms with Crippen molar-refractivity contribution in [3.63, 3.8) is 0 Å². The van der Waals surface area contributed by atoms with E-state index >= 15 is 0 Å². The van der Waals surface area contributed by atoms with Crippen LogP contribution in [-0.2, 0) is 4.84 Å². The highest BCUT2D eigenvalue weighted by atomic mass is 16.6. The van der Waals surface area contributed by atoms with Crippen LogP contribution in [0.3, 0.4) is 0 Å². The fourth-order valence-electron chi connectivity index (χ4n) is 2.14. The van der Waals surface area contributed by atoms with Crippen molar-refractivity contribution in [2.45, 2.75) is 0 Å². The highest BCUT2D eigenvalue weighted by molar-refractivity contribution is 5.77. The van der Waals surface area contributed by atoms with Gasteiger partial charge in [-0.2, -0.15) is 0 Å². The molecule has 2 rings (SSSR count). The van der Waals surface area contributed by atoms with Crippen molar-refractivity contribution < 1.29 is 20.5 Å². The highest BCUT2D eigenvalue weighted by Crippen LogP contribution is 2.43. The van der Waals surface area contributed by atoms with E-state index in [4.69, 9.17) is 21.4 Å². The Bertz CT molecular complexity index is 784. The summed E-state index contributed by atoms with van der Waals surface area (Å²) in [5.41, 5.74) is 7.58. The number of hydrogen-bond acceptors (Lipinski definition) is 7. The molecule has 0 aliphatic rings. The number of nitrogen functional groups attached to an aromatic ring is 1. The SMILES string of the molecule is COc1ccc(-c2ccccc(N)c2=O)c(OC)c1OC.[3H]N(C)OC. The molecule has 0 spiro atoms. The van der Waals surface area contributed by atoms with Crippen molar-refractivity contribution >= 4 is 5.69 Å². The molecule has 25 heavy (non-hydrogen) atoms. The van der Waals surface area contributed by atoms with Gasteiger partial charge in [0.15, 0.2) is 12.9 Å². The first-order valence-corrected chi connectivity index (χ1v) is 7.36. The fraction of sp³-hybridized carbons (Fsp3) is 0.278. The van der Waals surface area contributed by atoms with Crippen LogP contribution in [0.1, 0.15) is 0 Å². The first-order valence-electron chi connectivity index (χ1n) is 7.80. The topological polar surface area (TPSA) is 92.0 Å². The normalized spacial score (nSPS) is 10.4. The van der Waals surface area contributed by atoms with Gasteiger partial charge >= 0.3 is 0 Å². The number of benzene rings is 1. The maximum Gasteiger partial charge on any atom is 0.209 e. The largest absolute Gasteiger partial charge is 0.493 e. The number of rotatable bonds is 5. The molecule has 0 aliphatic heterocycles. The smallest absolute Gasteiger partial charge is 0.209 e. The van der Waals surface area contributed by atoms with E-state index in [9.17, 15) is 4.79 Å². The first-order chi connectivity index (χ1) is 12.4. The van der Waals surface area contributed by atoms with Gasteiger partial charge in [0.05, 0.1) is 34.1 Å². The summed E-state index contributed by atoms with van der Waals surface area (Å²) < 4.78 is 22.4. The molecule has 3 N–H and O–H groups in total. The molecule has 0 aliphatic carbocycles. The van der Waals surface area contributed by atoms with Crippen LogP contribution in [0.15, 0.2) is 41.2 Å². The third-order valence-corrected chi connectivity index (χ3v) is 3.33. The van der Waals surface area contributed by atoms with Gasteiger partial charge in [-0.15, -0.1) is 0 Å². The minimum Gasteiger partial charge on any atom is -0.493 e. The van der Waals surface area contributed by atoms with Crippen LogP contribution in [0, 0.1) is 0 Å². The van der Waals surface area contributed by atoms with Gasteiger partial charge in [-0.3, -0.25) is 4.79 Å². The summed E-state index contributed by atoms with van der Waals surface area (Å²) in [5, 5.41) is 0. The molecule has 0 bridgehead atoms. The van der Waals surface area contributed by atoms with Gasteiger partial charge in [0.1, 0.15) is 0 Å². The van der Waals surface area contributed by atoms with Gasteiger partial charge in [0.2, 0.25) is 11.2 Å². The number of nitrogens with two attached hydrogens (primary N) is 1. The van der Waals surface area contributed by atoms with Crippen LogP contribution in [0.4, 0.5) is 5.69 Å². The van der Waals surface area contributed by atoms with Gasteiger partial charge in [-0.05, 0) is 18.2 Å². The van der Waals surface area contributed by atoms with E-state index in [0.717, 1.165) is 5.47 Å². The minimum atomic E-state index is -0.259. The quantitative estimate of drug-likeness (QED) is 0.798. The second-order valence-electron chi connectivity index (χ2n) is 4.66. The van der Waals surface area contributed by atoms with Crippen LogP contribution in [0.5, 0.6) is 17.2 Å². The third kappa shape index (κ3) is 4.85. The van der Waals surface area contributed by atoms with Crippen LogP contribution < -0.4 is 30.8 Å². The summed E-state index contributed by atoms with van der Waals surface area (Å²) >= 11 is 0. The zero-order chi connectivity index (χ0) is 19.7.